The van der Waals surface area contributed by atoms with E-state index in [9.17, 15) is 4.79 Å². The minimum atomic E-state index is -0.127. The number of carbonyl (C=O) groups is 1. The van der Waals surface area contributed by atoms with Gasteiger partial charge < -0.3 is 4.74 Å². The first-order valence-electron chi connectivity index (χ1n) is 9.89. The highest BCUT2D eigenvalue weighted by molar-refractivity contribution is 5.66. The van der Waals surface area contributed by atoms with Gasteiger partial charge in [0, 0.05) is 13.3 Å². The van der Waals surface area contributed by atoms with Crippen LogP contribution < -0.4 is 0 Å². The van der Waals surface area contributed by atoms with Crippen molar-refractivity contribution in [2.24, 2.45) is 29.1 Å². The molecule has 4 rings (SSSR count). The van der Waals surface area contributed by atoms with Crippen LogP contribution in [0.15, 0.2) is 23.3 Å². The van der Waals surface area contributed by atoms with E-state index in [2.05, 4.69) is 38.8 Å². The summed E-state index contributed by atoms with van der Waals surface area (Å²) >= 11 is 0. The second-order valence-electron chi connectivity index (χ2n) is 8.65. The molecule has 0 radical (unpaired) electrons. The molecule has 26 heavy (non-hydrogen) atoms. The van der Waals surface area contributed by atoms with Crippen molar-refractivity contribution >= 4 is 5.97 Å². The zero-order valence-corrected chi connectivity index (χ0v) is 16.0. The third-order valence-corrected chi connectivity index (χ3v) is 7.50. The summed E-state index contributed by atoms with van der Waals surface area (Å²) in [4.78, 5) is 11.3. The van der Waals surface area contributed by atoms with Crippen molar-refractivity contribution in [1.29, 1.82) is 0 Å². The predicted molar refractivity (Wildman–Crippen MR) is 108 cm³/mol. The normalized spacial score (nSPS) is 40.1. The Morgan fingerprint density at radius 2 is 1.92 bits per heavy atom. The van der Waals surface area contributed by atoms with Crippen LogP contribution in [0.4, 0.5) is 0 Å². The average Bonchev–Trinajstić information content (AvgIpc) is 2.98. The summed E-state index contributed by atoms with van der Waals surface area (Å²) in [5.41, 5.74) is 3.70. The predicted octanol–water partition coefficient (Wildman–Crippen LogP) is 5.93. The second kappa shape index (κ2) is 8.03. The van der Waals surface area contributed by atoms with Crippen LogP contribution >= 0.6 is 0 Å². The number of rotatable bonds is 1. The largest absolute Gasteiger partial charge is 0.462 e. The Bertz CT molecular complexity index is 611. The number of carbonyl (C=O) groups excluding carboxylic acids is 1. The topological polar surface area (TPSA) is 26.3 Å². The molecular formula is C24H36O2. The SMILES string of the molecule is C.C#C.CC(=O)O[C@H]1CC[C@@]2(C)C(=CC[C@H]3C4CC[C@H](C)C4=CCC32)C1. The molecule has 4 aliphatic carbocycles. The lowest BCUT2D eigenvalue weighted by Crippen LogP contribution is -2.45. The zero-order valence-electron chi connectivity index (χ0n) is 16.0. The van der Waals surface area contributed by atoms with Gasteiger partial charge in [-0.1, -0.05) is 44.6 Å². The molecule has 2 saturated carbocycles. The number of esters is 1. The Morgan fingerprint density at radius 3 is 2.62 bits per heavy atom. The van der Waals surface area contributed by atoms with Crippen LogP contribution in [0.2, 0.25) is 0 Å². The van der Waals surface area contributed by atoms with Gasteiger partial charge >= 0.3 is 5.97 Å². The van der Waals surface area contributed by atoms with E-state index in [0.717, 1.165) is 36.5 Å². The molecule has 0 N–H and O–H groups in total. The molecule has 2 fully saturated rings. The lowest BCUT2D eigenvalue weighted by atomic mass is 9.52. The van der Waals surface area contributed by atoms with Crippen molar-refractivity contribution in [3.05, 3.63) is 23.3 Å². The van der Waals surface area contributed by atoms with Crippen molar-refractivity contribution in [3.63, 3.8) is 0 Å². The van der Waals surface area contributed by atoms with E-state index >= 15 is 0 Å². The van der Waals surface area contributed by atoms with Gasteiger partial charge in [0.2, 0.25) is 0 Å². The first-order chi connectivity index (χ1) is 12.0. The molecule has 0 heterocycles. The van der Waals surface area contributed by atoms with E-state index in [1.54, 1.807) is 11.1 Å². The Hall–Kier alpha value is -1.49. The van der Waals surface area contributed by atoms with Crippen molar-refractivity contribution in [1.82, 2.24) is 0 Å². The molecule has 0 saturated heterocycles. The quantitative estimate of drug-likeness (QED) is 0.330. The lowest BCUT2D eigenvalue weighted by molar-refractivity contribution is -0.148. The van der Waals surface area contributed by atoms with Crippen molar-refractivity contribution in [2.45, 2.75) is 79.2 Å². The average molecular weight is 357 g/mol. The Morgan fingerprint density at radius 1 is 1.19 bits per heavy atom. The van der Waals surface area contributed by atoms with Gasteiger partial charge in [-0.2, -0.15) is 0 Å². The fourth-order valence-electron chi connectivity index (χ4n) is 6.28. The molecule has 2 unspecified atom stereocenters. The summed E-state index contributed by atoms with van der Waals surface area (Å²) in [5.74, 6) is 3.21. The minimum Gasteiger partial charge on any atom is -0.462 e. The van der Waals surface area contributed by atoms with E-state index in [-0.39, 0.29) is 19.5 Å². The standard InChI is InChI=1S/C21H30O2.C2H2.CH4/c1-13-4-6-18-17(13)8-9-20-19(18)7-5-15-12-16(23-14(2)22)10-11-21(15,20)3;1-2;/h5,8,13,16,18-20H,4,6-7,9-12H2,1-3H3;1-2H;1H4/t13-,16-,18?,19-,20?,21-;;/m0../s1. The van der Waals surface area contributed by atoms with Gasteiger partial charge in [-0.3, -0.25) is 4.79 Å². The minimum absolute atomic E-state index is 0. The second-order valence-corrected chi connectivity index (χ2v) is 8.65. The summed E-state index contributed by atoms with van der Waals surface area (Å²) in [6.45, 7) is 6.45. The van der Waals surface area contributed by atoms with Crippen LogP contribution in [0.3, 0.4) is 0 Å². The number of terminal acetylenes is 1. The molecule has 2 nitrogen and oxygen atoms in total. The van der Waals surface area contributed by atoms with E-state index in [4.69, 9.17) is 4.74 Å². The number of fused-ring (bicyclic) bond motifs is 5. The third kappa shape index (κ3) is 3.38. The lowest BCUT2D eigenvalue weighted by Gasteiger charge is -2.53. The van der Waals surface area contributed by atoms with Gasteiger partial charge in [-0.25, -0.2) is 0 Å². The van der Waals surface area contributed by atoms with E-state index < -0.39 is 0 Å². The summed E-state index contributed by atoms with van der Waals surface area (Å²) in [7, 11) is 0. The monoisotopic (exact) mass is 356 g/mol. The van der Waals surface area contributed by atoms with Crippen LogP contribution in [0.25, 0.3) is 0 Å². The first kappa shape index (κ1) is 20.8. The fraction of sp³-hybridized carbons (Fsp3) is 0.708. The molecule has 6 atom stereocenters. The van der Waals surface area contributed by atoms with Crippen LogP contribution in [-0.2, 0) is 9.53 Å². The van der Waals surface area contributed by atoms with Gasteiger partial charge in [0.15, 0.2) is 0 Å². The maximum Gasteiger partial charge on any atom is 0.302 e. The molecule has 0 aromatic heterocycles. The van der Waals surface area contributed by atoms with Crippen LogP contribution in [0.5, 0.6) is 0 Å². The number of hydrogen-bond acceptors (Lipinski definition) is 2. The molecule has 0 aromatic rings. The Kier molecular flexibility index (Phi) is 6.43. The van der Waals surface area contributed by atoms with Crippen molar-refractivity contribution in [2.75, 3.05) is 0 Å². The third-order valence-electron chi connectivity index (χ3n) is 7.50. The zero-order chi connectivity index (χ0) is 18.2. The van der Waals surface area contributed by atoms with Gasteiger partial charge in [-0.05, 0) is 67.6 Å². The highest BCUT2D eigenvalue weighted by Crippen LogP contribution is 2.60. The molecule has 2 heteroatoms. The number of ether oxygens (including phenoxy) is 1. The smallest absolute Gasteiger partial charge is 0.302 e. The highest BCUT2D eigenvalue weighted by Gasteiger charge is 2.51. The first-order valence-corrected chi connectivity index (χ1v) is 9.89. The molecule has 0 amide bonds. The van der Waals surface area contributed by atoms with Gasteiger partial charge in [0.05, 0.1) is 0 Å². The van der Waals surface area contributed by atoms with Crippen LogP contribution in [-0.4, -0.2) is 12.1 Å². The summed E-state index contributed by atoms with van der Waals surface area (Å²) in [5, 5.41) is 0. The van der Waals surface area contributed by atoms with E-state index in [1.807, 2.05) is 0 Å². The van der Waals surface area contributed by atoms with Crippen molar-refractivity contribution in [3.8, 4) is 12.8 Å². The summed E-state index contributed by atoms with van der Waals surface area (Å²) < 4.78 is 5.51. The number of allylic oxidation sites excluding steroid dienone is 3. The fourth-order valence-corrected chi connectivity index (χ4v) is 6.28. The molecule has 0 aromatic carbocycles. The molecule has 0 aliphatic heterocycles. The molecule has 0 bridgehead atoms. The Balaban J connectivity index is 0.000000784. The summed E-state index contributed by atoms with van der Waals surface area (Å²) in [6, 6.07) is 0. The van der Waals surface area contributed by atoms with E-state index in [1.165, 1.54) is 39.0 Å². The Labute approximate surface area is 160 Å². The molecular weight excluding hydrogens is 320 g/mol. The van der Waals surface area contributed by atoms with Crippen LogP contribution in [0.1, 0.15) is 73.1 Å². The van der Waals surface area contributed by atoms with Crippen molar-refractivity contribution < 1.29 is 9.53 Å². The number of hydrogen-bond donors (Lipinski definition) is 0. The van der Waals surface area contributed by atoms with Crippen LogP contribution in [0, 0.1) is 41.9 Å². The van der Waals surface area contributed by atoms with Gasteiger partial charge in [0.25, 0.3) is 0 Å². The maximum absolute atomic E-state index is 11.3. The van der Waals surface area contributed by atoms with E-state index in [0.29, 0.717) is 5.41 Å². The molecule has 144 valence electrons. The van der Waals surface area contributed by atoms with Gasteiger partial charge in [-0.15, -0.1) is 12.8 Å². The highest BCUT2D eigenvalue weighted by atomic mass is 16.5. The summed E-state index contributed by atoms with van der Waals surface area (Å²) in [6.07, 6.45) is 21.8. The molecule has 4 aliphatic rings. The maximum atomic E-state index is 11.3. The van der Waals surface area contributed by atoms with Gasteiger partial charge in [0.1, 0.15) is 6.10 Å². The molecule has 0 spiro atoms.